The van der Waals surface area contributed by atoms with Gasteiger partial charge in [0, 0.05) is 43.1 Å². The Kier molecular flexibility index (Phi) is 5.96. The Balaban J connectivity index is 1.46. The summed E-state index contributed by atoms with van der Waals surface area (Å²) in [7, 11) is 2.06. The molecule has 8 nitrogen and oxygen atoms in total. The fraction of sp³-hybridized carbons (Fsp3) is 0.400. The molecule has 0 aliphatic carbocycles. The molecule has 2 aromatic carbocycles. The largest absolute Gasteiger partial charge is 0.507 e. The van der Waals surface area contributed by atoms with Crippen molar-refractivity contribution in [2.75, 3.05) is 56.1 Å². The van der Waals surface area contributed by atoms with Gasteiger partial charge in [-0.1, -0.05) is 24.2 Å². The van der Waals surface area contributed by atoms with Crippen LogP contribution in [0.5, 0.6) is 11.6 Å². The van der Waals surface area contributed by atoms with E-state index in [0.717, 1.165) is 25.5 Å². The molecule has 4 aliphatic rings. The quantitative estimate of drug-likeness (QED) is 0.459. The molecule has 5 heterocycles. The first kappa shape index (κ1) is 25.1. The number of phenolic OH excluding ortho intramolecular Hbond substituents is 1. The number of piperazine rings is 1. The molecule has 2 saturated heterocycles. The number of nitrogens with zero attached hydrogens (tertiary/aromatic N) is 5. The fourth-order valence-electron chi connectivity index (χ4n) is 6.90. The summed E-state index contributed by atoms with van der Waals surface area (Å²) in [6, 6.07) is 5.12. The highest BCUT2D eigenvalue weighted by molar-refractivity contribution is 6.34. The number of amides is 1. The van der Waals surface area contributed by atoms with Crippen LogP contribution in [0.2, 0.25) is 5.02 Å². The average Bonchev–Trinajstić information content (AvgIpc) is 3.39. The molecule has 1 aromatic heterocycles. The summed E-state index contributed by atoms with van der Waals surface area (Å²) in [6.07, 6.45) is 3.02. The van der Waals surface area contributed by atoms with Crippen LogP contribution >= 0.6 is 11.6 Å². The van der Waals surface area contributed by atoms with Gasteiger partial charge in [-0.3, -0.25) is 9.69 Å². The van der Waals surface area contributed by atoms with Crippen LogP contribution in [0.1, 0.15) is 14.2 Å². The van der Waals surface area contributed by atoms with Crippen molar-refractivity contribution in [3.63, 3.8) is 0 Å². The summed E-state index contributed by atoms with van der Waals surface area (Å²) < 4.78 is 47.1. The van der Waals surface area contributed by atoms with Crippen LogP contribution in [0.4, 0.5) is 20.2 Å². The lowest BCUT2D eigenvalue weighted by Gasteiger charge is -2.52. The van der Waals surface area contributed by atoms with Gasteiger partial charge >= 0.3 is 0 Å². The Hall–Kier alpha value is -3.63. The summed E-state index contributed by atoms with van der Waals surface area (Å²) in [5.74, 6) is -2.16. The van der Waals surface area contributed by atoms with Crippen LogP contribution in [-0.4, -0.2) is 90.3 Å². The molecule has 0 saturated carbocycles. The summed E-state index contributed by atoms with van der Waals surface area (Å²) in [6.45, 7) is 5.29. The van der Waals surface area contributed by atoms with E-state index in [9.17, 15) is 14.3 Å². The van der Waals surface area contributed by atoms with Crippen molar-refractivity contribution in [2.24, 2.45) is 0 Å². The normalized spacial score (nSPS) is 26.0. The number of benzene rings is 2. The van der Waals surface area contributed by atoms with Crippen LogP contribution in [0.15, 0.2) is 36.9 Å². The monoisotopic (exact) mass is 582 g/mol. The number of ether oxygens (including phenoxy) is 1. The van der Waals surface area contributed by atoms with Gasteiger partial charge in [0.2, 0.25) is 11.8 Å². The molecule has 2 fully saturated rings. The summed E-state index contributed by atoms with van der Waals surface area (Å²) in [5, 5.41) is 10.7. The van der Waals surface area contributed by atoms with Crippen LogP contribution in [-0.2, 0) is 4.79 Å². The zero-order valence-electron chi connectivity index (χ0n) is 23.5. The predicted octanol–water partition coefficient (Wildman–Crippen LogP) is 4.42. The number of carbonyl (C=O) groups excluding carboxylic acids is 1. The number of carbonyl (C=O) groups is 1. The smallest absolute Gasteiger partial charge is 0.246 e. The number of likely N-dealkylation sites (tertiary alicyclic amines) is 1. The van der Waals surface area contributed by atoms with Crippen molar-refractivity contribution >= 4 is 39.8 Å². The Morgan fingerprint density at radius 3 is 2.80 bits per heavy atom. The fourth-order valence-corrected chi connectivity index (χ4v) is 7.18. The van der Waals surface area contributed by atoms with Crippen LogP contribution in [0, 0.1) is 11.6 Å². The number of aromatic nitrogens is 1. The van der Waals surface area contributed by atoms with Gasteiger partial charge in [0.15, 0.2) is 5.82 Å². The van der Waals surface area contributed by atoms with Crippen LogP contribution < -0.4 is 14.5 Å². The van der Waals surface area contributed by atoms with Crippen LogP contribution in [0.25, 0.3) is 22.0 Å². The van der Waals surface area contributed by atoms with Crippen molar-refractivity contribution in [1.82, 2.24) is 14.8 Å². The van der Waals surface area contributed by atoms with Crippen LogP contribution in [0.3, 0.4) is 0 Å². The van der Waals surface area contributed by atoms with Crippen molar-refractivity contribution in [3.8, 4) is 22.8 Å². The van der Waals surface area contributed by atoms with Gasteiger partial charge < -0.3 is 24.5 Å². The van der Waals surface area contributed by atoms with E-state index in [-0.39, 0.29) is 58.2 Å². The van der Waals surface area contributed by atoms with E-state index in [4.69, 9.17) is 17.7 Å². The summed E-state index contributed by atoms with van der Waals surface area (Å²) in [5.41, 5.74) is 0.475. The lowest BCUT2D eigenvalue weighted by molar-refractivity contribution is -0.126. The second kappa shape index (κ2) is 9.73. The SMILES string of the molecule is [2H]C1CN(C(=O)C=C)C[C@H]2CN3C[C@H]([C@@H]4CCCN4C)Oc4nc5c(F)c(-c6c(O)cccc6F)c(Cl)cc5c(c43)N12. The highest BCUT2D eigenvalue weighted by atomic mass is 35.5. The molecule has 4 atom stereocenters. The number of hydrogen-bond donors (Lipinski definition) is 1. The zero-order chi connectivity index (χ0) is 29.4. The van der Waals surface area contributed by atoms with E-state index >= 15 is 4.39 Å². The van der Waals surface area contributed by atoms with E-state index in [2.05, 4.69) is 28.4 Å². The second-order valence-electron chi connectivity index (χ2n) is 11.1. The predicted molar refractivity (Wildman–Crippen MR) is 154 cm³/mol. The Morgan fingerprint density at radius 1 is 1.24 bits per heavy atom. The maximum Gasteiger partial charge on any atom is 0.246 e. The van der Waals surface area contributed by atoms with E-state index in [0.29, 0.717) is 36.4 Å². The molecule has 7 rings (SSSR count). The van der Waals surface area contributed by atoms with Crippen molar-refractivity contribution < 1.29 is 24.8 Å². The molecule has 0 spiro atoms. The maximum absolute atomic E-state index is 16.5. The first-order valence-electron chi connectivity index (χ1n) is 14.3. The van der Waals surface area contributed by atoms with E-state index in [1.165, 1.54) is 24.3 Å². The number of anilines is 2. The number of likely N-dealkylation sites (N-methyl/N-ethyl adjacent to an activating group) is 1. The van der Waals surface area contributed by atoms with Gasteiger partial charge in [0.1, 0.15) is 28.9 Å². The Morgan fingerprint density at radius 2 is 2.07 bits per heavy atom. The van der Waals surface area contributed by atoms with E-state index in [1.54, 1.807) is 4.90 Å². The van der Waals surface area contributed by atoms with Gasteiger partial charge in [-0.15, -0.1) is 0 Å². The minimum absolute atomic E-state index is 0.0939. The van der Waals surface area contributed by atoms with E-state index in [1.807, 2.05) is 4.90 Å². The number of pyridine rings is 1. The first-order valence-corrected chi connectivity index (χ1v) is 14.1. The number of phenols is 1. The standard InChI is InChI=1S/C30H30ClF2N5O3/c1-3-23(40)36-10-11-38-16(13-36)14-37-15-22(20-7-5-9-35(20)2)41-30-29(37)28(38)17-12-18(31)24(26(33)27(17)34-30)25-19(32)6-4-8-21(25)39/h3-4,6,8,12,16,20,22,39H,1,5,7,9-11,13-15H2,2H3/t16-,20-,22+/m0/s1/i11D/t11?,16-,20-,22+. The molecule has 1 unspecified atom stereocenters. The molecule has 11 heteroatoms. The Bertz CT molecular complexity index is 1620. The highest BCUT2D eigenvalue weighted by Crippen LogP contribution is 2.52. The average molecular weight is 583 g/mol. The molecule has 1 N–H and O–H groups in total. The number of hydrogen-bond acceptors (Lipinski definition) is 7. The van der Waals surface area contributed by atoms with Gasteiger partial charge in [-0.2, -0.15) is 0 Å². The van der Waals surface area contributed by atoms with E-state index < -0.39 is 23.9 Å². The number of aromatic hydroxyl groups is 1. The lowest BCUT2D eigenvalue weighted by Crippen LogP contribution is -2.63. The lowest BCUT2D eigenvalue weighted by atomic mass is 9.95. The zero-order valence-corrected chi connectivity index (χ0v) is 23.2. The van der Waals surface area contributed by atoms with Gasteiger partial charge in [0.25, 0.3) is 0 Å². The maximum atomic E-state index is 16.5. The Labute approximate surface area is 242 Å². The summed E-state index contributed by atoms with van der Waals surface area (Å²) in [4.78, 5) is 25.2. The van der Waals surface area contributed by atoms with Gasteiger partial charge in [-0.05, 0) is 50.7 Å². The molecule has 0 bridgehead atoms. The number of rotatable bonds is 3. The highest BCUT2D eigenvalue weighted by Gasteiger charge is 2.45. The van der Waals surface area contributed by atoms with Crippen molar-refractivity contribution in [2.45, 2.75) is 31.0 Å². The molecule has 4 aliphatic heterocycles. The van der Waals surface area contributed by atoms with Crippen molar-refractivity contribution in [3.05, 3.63) is 53.6 Å². The third-order valence-electron chi connectivity index (χ3n) is 8.81. The molecule has 3 aromatic rings. The third-order valence-corrected chi connectivity index (χ3v) is 9.11. The first-order chi connectivity index (χ1) is 20.2. The van der Waals surface area contributed by atoms with Gasteiger partial charge in [0.05, 0.1) is 30.2 Å². The number of fused-ring (bicyclic) bond motifs is 4. The third kappa shape index (κ3) is 4.02. The topological polar surface area (TPSA) is 72.4 Å². The molecule has 214 valence electrons. The summed E-state index contributed by atoms with van der Waals surface area (Å²) >= 11 is 6.65. The molecular formula is C30H30ClF2N5O3. The van der Waals surface area contributed by atoms with Gasteiger partial charge in [-0.25, -0.2) is 13.8 Å². The molecule has 1 amide bonds. The molecule has 41 heavy (non-hydrogen) atoms. The number of halogens is 3. The van der Waals surface area contributed by atoms with Crippen molar-refractivity contribution in [1.29, 1.82) is 0 Å². The molecular weight excluding hydrogens is 552 g/mol. The minimum Gasteiger partial charge on any atom is -0.507 e. The minimum atomic E-state index is -0.892. The molecule has 0 radical (unpaired) electrons. The second-order valence-corrected chi connectivity index (χ2v) is 11.5.